The highest BCUT2D eigenvalue weighted by Gasteiger charge is 2.35. The maximum absolute atomic E-state index is 12.9. The molecular weight excluding hydrogens is 243 g/mol. The Labute approximate surface area is 102 Å². The molecule has 2 N–H and O–H groups in total. The van der Waals surface area contributed by atoms with Crippen LogP contribution in [-0.4, -0.2) is 9.97 Å². The number of nitrogens with zero attached hydrogens (tertiary/aromatic N) is 2. The Bertz CT molecular complexity index is 591. The molecule has 0 amide bonds. The van der Waals surface area contributed by atoms with Crippen molar-refractivity contribution in [1.82, 2.24) is 9.97 Å². The zero-order valence-corrected chi connectivity index (χ0v) is 9.92. The van der Waals surface area contributed by atoms with Gasteiger partial charge < -0.3 is 5.73 Å². The Morgan fingerprint density at radius 2 is 1.83 bits per heavy atom. The Balaban J connectivity index is 2.78. The summed E-state index contributed by atoms with van der Waals surface area (Å²) in [5.74, 6) is -0.236. The summed E-state index contributed by atoms with van der Waals surface area (Å²) in [6.07, 6.45) is -4.54. The molecule has 0 unspecified atom stereocenters. The first-order valence-corrected chi connectivity index (χ1v) is 5.43. The fourth-order valence-electron chi connectivity index (χ4n) is 1.74. The number of benzene rings is 1. The second-order valence-corrected chi connectivity index (χ2v) is 4.36. The Morgan fingerprint density at radius 1 is 1.17 bits per heavy atom. The molecule has 0 radical (unpaired) electrons. The average Bonchev–Trinajstić information content (AvgIpc) is 2.25. The summed E-state index contributed by atoms with van der Waals surface area (Å²) >= 11 is 0. The molecule has 3 nitrogen and oxygen atoms in total. The second kappa shape index (κ2) is 4.12. The van der Waals surface area contributed by atoms with Crippen molar-refractivity contribution in [3.05, 3.63) is 29.5 Å². The largest absolute Gasteiger partial charge is 0.434 e. The van der Waals surface area contributed by atoms with Crippen LogP contribution in [0.3, 0.4) is 0 Å². The SMILES string of the molecule is CC(C)c1ccc2nc(N)nc(C(F)(F)F)c2c1. The maximum atomic E-state index is 12.9. The highest BCUT2D eigenvalue weighted by Crippen LogP contribution is 2.34. The van der Waals surface area contributed by atoms with Gasteiger partial charge in [-0.2, -0.15) is 13.2 Å². The van der Waals surface area contributed by atoms with Crippen LogP contribution in [0.25, 0.3) is 10.9 Å². The number of hydrogen-bond donors (Lipinski definition) is 1. The number of aromatic nitrogens is 2. The quantitative estimate of drug-likeness (QED) is 0.850. The van der Waals surface area contributed by atoms with Crippen LogP contribution >= 0.6 is 0 Å². The van der Waals surface area contributed by atoms with Gasteiger partial charge in [-0.05, 0) is 23.6 Å². The van der Waals surface area contributed by atoms with Crippen LogP contribution in [0.4, 0.5) is 19.1 Å². The van der Waals surface area contributed by atoms with E-state index in [9.17, 15) is 13.2 Å². The Morgan fingerprint density at radius 3 is 2.39 bits per heavy atom. The van der Waals surface area contributed by atoms with Crippen molar-refractivity contribution < 1.29 is 13.2 Å². The molecule has 2 aromatic rings. The summed E-state index contributed by atoms with van der Waals surface area (Å²) in [6, 6.07) is 4.76. The molecular formula is C12H12F3N3. The number of rotatable bonds is 1. The molecule has 18 heavy (non-hydrogen) atoms. The molecule has 0 atom stereocenters. The number of alkyl halides is 3. The van der Waals surface area contributed by atoms with Crippen LogP contribution in [0.1, 0.15) is 31.0 Å². The van der Waals surface area contributed by atoms with Gasteiger partial charge >= 0.3 is 6.18 Å². The van der Waals surface area contributed by atoms with E-state index in [4.69, 9.17) is 5.73 Å². The van der Waals surface area contributed by atoms with Gasteiger partial charge in [-0.25, -0.2) is 9.97 Å². The summed E-state index contributed by atoms with van der Waals surface area (Å²) in [5.41, 5.74) is 5.33. The number of nitrogen functional groups attached to an aromatic ring is 1. The number of hydrogen-bond acceptors (Lipinski definition) is 3. The molecule has 0 saturated heterocycles. The summed E-state index contributed by atoms with van der Waals surface area (Å²) in [7, 11) is 0. The van der Waals surface area contributed by atoms with Crippen LogP contribution in [-0.2, 0) is 6.18 Å². The van der Waals surface area contributed by atoms with E-state index in [-0.39, 0.29) is 22.8 Å². The standard InChI is InChI=1S/C12H12F3N3/c1-6(2)7-3-4-9-8(5-7)10(12(13,14)15)18-11(16)17-9/h3-6H,1-2H3,(H2,16,17,18). The van der Waals surface area contributed by atoms with E-state index >= 15 is 0 Å². The highest BCUT2D eigenvalue weighted by molar-refractivity contribution is 5.83. The van der Waals surface area contributed by atoms with Gasteiger partial charge in [0, 0.05) is 5.39 Å². The monoisotopic (exact) mass is 255 g/mol. The van der Waals surface area contributed by atoms with Crippen LogP contribution in [0.15, 0.2) is 18.2 Å². The van der Waals surface area contributed by atoms with E-state index in [0.29, 0.717) is 0 Å². The van der Waals surface area contributed by atoms with E-state index in [1.807, 2.05) is 13.8 Å². The lowest BCUT2D eigenvalue weighted by molar-refractivity contribution is -0.139. The van der Waals surface area contributed by atoms with Gasteiger partial charge in [-0.1, -0.05) is 19.9 Å². The van der Waals surface area contributed by atoms with Gasteiger partial charge in [0.1, 0.15) is 0 Å². The molecule has 6 heteroatoms. The van der Waals surface area contributed by atoms with E-state index in [1.165, 1.54) is 12.1 Å². The van der Waals surface area contributed by atoms with Crippen molar-refractivity contribution >= 4 is 16.9 Å². The molecule has 0 aliphatic carbocycles. The fraction of sp³-hybridized carbons (Fsp3) is 0.333. The summed E-state index contributed by atoms with van der Waals surface area (Å²) in [5, 5.41) is -0.0112. The third-order valence-electron chi connectivity index (χ3n) is 2.67. The molecule has 1 aromatic carbocycles. The van der Waals surface area contributed by atoms with Gasteiger partial charge in [0.05, 0.1) is 5.52 Å². The first kappa shape index (κ1) is 12.6. The van der Waals surface area contributed by atoms with Crippen LogP contribution in [0.5, 0.6) is 0 Å². The molecule has 0 bridgehead atoms. The molecule has 0 saturated carbocycles. The van der Waals surface area contributed by atoms with E-state index in [2.05, 4.69) is 9.97 Å². The first-order valence-electron chi connectivity index (χ1n) is 5.43. The van der Waals surface area contributed by atoms with Crippen molar-refractivity contribution in [2.24, 2.45) is 0 Å². The number of anilines is 1. The number of nitrogens with two attached hydrogens (primary N) is 1. The number of fused-ring (bicyclic) bond motifs is 1. The Kier molecular flexibility index (Phi) is 2.88. The molecule has 2 rings (SSSR count). The van der Waals surface area contributed by atoms with Crippen LogP contribution in [0.2, 0.25) is 0 Å². The third kappa shape index (κ3) is 2.23. The number of halogens is 3. The molecule has 1 heterocycles. The van der Waals surface area contributed by atoms with E-state index in [1.54, 1.807) is 6.07 Å². The molecule has 1 aromatic heterocycles. The highest BCUT2D eigenvalue weighted by atomic mass is 19.4. The molecule has 0 aliphatic heterocycles. The van der Waals surface area contributed by atoms with Crippen molar-refractivity contribution in [1.29, 1.82) is 0 Å². The average molecular weight is 255 g/mol. The summed E-state index contributed by atoms with van der Waals surface area (Å²) < 4.78 is 38.7. The van der Waals surface area contributed by atoms with Gasteiger partial charge in [-0.3, -0.25) is 0 Å². The lowest BCUT2D eigenvalue weighted by Gasteiger charge is -2.12. The van der Waals surface area contributed by atoms with Crippen LogP contribution in [0, 0.1) is 0 Å². The zero-order chi connectivity index (χ0) is 13.5. The predicted octanol–water partition coefficient (Wildman–Crippen LogP) is 3.35. The second-order valence-electron chi connectivity index (χ2n) is 4.36. The molecule has 0 spiro atoms. The van der Waals surface area contributed by atoms with Crippen molar-refractivity contribution in [2.75, 3.05) is 5.73 Å². The first-order chi connectivity index (χ1) is 8.29. The fourth-order valence-corrected chi connectivity index (χ4v) is 1.74. The smallest absolute Gasteiger partial charge is 0.368 e. The van der Waals surface area contributed by atoms with Crippen molar-refractivity contribution in [2.45, 2.75) is 25.9 Å². The van der Waals surface area contributed by atoms with Crippen LogP contribution < -0.4 is 5.73 Å². The van der Waals surface area contributed by atoms with Crippen molar-refractivity contribution in [3.8, 4) is 0 Å². The normalized spacial score (nSPS) is 12.3. The van der Waals surface area contributed by atoms with Crippen molar-refractivity contribution in [3.63, 3.8) is 0 Å². The molecule has 0 aliphatic rings. The lowest BCUT2D eigenvalue weighted by atomic mass is 10.0. The minimum Gasteiger partial charge on any atom is -0.368 e. The predicted molar refractivity (Wildman–Crippen MR) is 63.0 cm³/mol. The van der Waals surface area contributed by atoms with Gasteiger partial charge in [0.15, 0.2) is 5.69 Å². The topological polar surface area (TPSA) is 51.8 Å². The lowest BCUT2D eigenvalue weighted by Crippen LogP contribution is -2.12. The Hall–Kier alpha value is -1.85. The maximum Gasteiger partial charge on any atom is 0.434 e. The van der Waals surface area contributed by atoms with E-state index in [0.717, 1.165) is 5.56 Å². The minimum absolute atomic E-state index is 0.0112. The third-order valence-corrected chi connectivity index (χ3v) is 2.67. The minimum atomic E-state index is -4.54. The van der Waals surface area contributed by atoms with Gasteiger partial charge in [0.25, 0.3) is 0 Å². The molecule has 96 valence electrons. The van der Waals surface area contributed by atoms with Gasteiger partial charge in [-0.15, -0.1) is 0 Å². The molecule has 0 fully saturated rings. The van der Waals surface area contributed by atoms with E-state index < -0.39 is 11.9 Å². The van der Waals surface area contributed by atoms with Gasteiger partial charge in [0.2, 0.25) is 5.95 Å². The summed E-state index contributed by atoms with van der Waals surface area (Å²) in [6.45, 7) is 3.82. The zero-order valence-electron chi connectivity index (χ0n) is 9.92. The summed E-state index contributed by atoms with van der Waals surface area (Å²) in [4.78, 5) is 7.13.